The van der Waals surface area contributed by atoms with Gasteiger partial charge in [0.2, 0.25) is 0 Å². The molecule has 3 unspecified atom stereocenters. The summed E-state index contributed by atoms with van der Waals surface area (Å²) in [5.41, 5.74) is 0. The van der Waals surface area contributed by atoms with Crippen LogP contribution in [0.25, 0.3) is 0 Å². The summed E-state index contributed by atoms with van der Waals surface area (Å²) in [5, 5.41) is 28.1. The van der Waals surface area contributed by atoms with Crippen molar-refractivity contribution in [2.75, 3.05) is 19.8 Å². The van der Waals surface area contributed by atoms with E-state index < -0.39 is 39.3 Å². The molecule has 9 heteroatoms. The molecule has 0 bridgehead atoms. The minimum atomic E-state index is -4.81. The third kappa shape index (κ3) is 22.2. The van der Waals surface area contributed by atoms with E-state index in [9.17, 15) is 14.8 Å². The lowest BCUT2D eigenvalue weighted by atomic mass is 10.0. The molecule has 0 saturated heterocycles. The topological polar surface area (TPSA) is 137 Å². The Balaban J connectivity index is 3.75. The van der Waals surface area contributed by atoms with Crippen LogP contribution in [0.15, 0.2) is 0 Å². The highest BCUT2D eigenvalue weighted by Crippen LogP contribution is 2.39. The van der Waals surface area contributed by atoms with E-state index >= 15 is 0 Å². The molecule has 0 aliphatic rings. The van der Waals surface area contributed by atoms with Gasteiger partial charge in [0.25, 0.3) is 0 Å². The van der Waals surface area contributed by atoms with Gasteiger partial charge >= 0.3 is 7.82 Å². The Labute approximate surface area is 201 Å². The van der Waals surface area contributed by atoms with Crippen LogP contribution in [-0.2, 0) is 13.8 Å². The molecular weight excluding hydrogens is 447 g/mol. The molecule has 0 aromatic carbocycles. The molecule has 0 aliphatic heterocycles. The highest BCUT2D eigenvalue weighted by Gasteiger charge is 2.31. The van der Waals surface area contributed by atoms with Crippen molar-refractivity contribution in [1.82, 2.24) is 0 Å². The van der Waals surface area contributed by atoms with E-state index in [-0.39, 0.29) is 6.42 Å². The number of phosphoric ester groups is 1. The zero-order chi connectivity index (χ0) is 24.8. The second kappa shape index (κ2) is 22.4. The number of aliphatic hydroxyl groups excluding tert-OH is 3. The smallest absolute Gasteiger partial charge is 0.394 e. The Morgan fingerprint density at radius 1 is 0.667 bits per heavy atom. The summed E-state index contributed by atoms with van der Waals surface area (Å²) in [5.74, 6) is 0. The van der Waals surface area contributed by atoms with Crippen LogP contribution < -0.4 is 0 Å². The zero-order valence-corrected chi connectivity index (χ0v) is 21.7. The number of ether oxygens (including phenoxy) is 1. The van der Waals surface area contributed by atoms with E-state index in [1.807, 2.05) is 0 Å². The third-order valence-corrected chi connectivity index (χ3v) is 6.46. The molecule has 8 nitrogen and oxygen atoms in total. The Morgan fingerprint density at radius 2 is 1.09 bits per heavy atom. The fraction of sp³-hybridized carbons (Fsp3) is 1.00. The summed E-state index contributed by atoms with van der Waals surface area (Å²) >= 11 is 0. The Kier molecular flexibility index (Phi) is 22.4. The summed E-state index contributed by atoms with van der Waals surface area (Å²) in [6.45, 7) is 1.42. The van der Waals surface area contributed by atoms with E-state index in [0.717, 1.165) is 19.3 Å². The first-order chi connectivity index (χ1) is 15.8. The van der Waals surface area contributed by atoms with Crippen molar-refractivity contribution < 1.29 is 38.9 Å². The molecule has 3 atom stereocenters. The van der Waals surface area contributed by atoms with Crippen LogP contribution in [0.5, 0.6) is 0 Å². The maximum absolute atomic E-state index is 11.1. The lowest BCUT2D eigenvalue weighted by molar-refractivity contribution is -0.0790. The maximum atomic E-state index is 11.1. The highest BCUT2D eigenvalue weighted by atomic mass is 31.2. The van der Waals surface area contributed by atoms with Gasteiger partial charge in [-0.1, -0.05) is 103 Å². The second-order valence-corrected chi connectivity index (χ2v) is 10.3. The molecule has 200 valence electrons. The minimum Gasteiger partial charge on any atom is -0.394 e. The van der Waals surface area contributed by atoms with Crippen molar-refractivity contribution in [3.05, 3.63) is 0 Å². The Hall–Kier alpha value is -0.0500. The van der Waals surface area contributed by atoms with Gasteiger partial charge in [-0.25, -0.2) is 4.57 Å². The monoisotopic (exact) mass is 498 g/mol. The Morgan fingerprint density at radius 3 is 1.45 bits per heavy atom. The van der Waals surface area contributed by atoms with Crippen molar-refractivity contribution in [3.63, 3.8) is 0 Å². The number of aliphatic hydroxyl groups is 3. The van der Waals surface area contributed by atoms with Crippen LogP contribution in [0.3, 0.4) is 0 Å². The summed E-state index contributed by atoms with van der Waals surface area (Å²) in [6, 6.07) is 0. The number of rotatable bonds is 25. The van der Waals surface area contributed by atoms with Crippen molar-refractivity contribution in [3.8, 4) is 0 Å². The lowest BCUT2D eigenvalue weighted by Crippen LogP contribution is -2.38. The normalized spacial score (nSPS) is 15.0. The van der Waals surface area contributed by atoms with Gasteiger partial charge < -0.3 is 29.8 Å². The molecule has 0 radical (unpaired) electrons. The maximum Gasteiger partial charge on any atom is 0.470 e. The average Bonchev–Trinajstić information content (AvgIpc) is 2.78. The van der Waals surface area contributed by atoms with Gasteiger partial charge in [-0.15, -0.1) is 0 Å². The van der Waals surface area contributed by atoms with Crippen LogP contribution in [0, 0.1) is 0 Å². The van der Waals surface area contributed by atoms with E-state index in [1.54, 1.807) is 0 Å². The van der Waals surface area contributed by atoms with E-state index in [4.69, 9.17) is 19.6 Å². The first-order valence-corrected chi connectivity index (χ1v) is 14.6. The molecular formula is C24H51O8P. The largest absolute Gasteiger partial charge is 0.470 e. The quantitative estimate of drug-likeness (QED) is 0.0890. The minimum absolute atomic E-state index is 0.0828. The number of hydrogen-bond acceptors (Lipinski definition) is 6. The number of phosphoric acid groups is 1. The van der Waals surface area contributed by atoms with Gasteiger partial charge in [0.1, 0.15) is 6.10 Å². The fourth-order valence-corrected chi connectivity index (χ4v) is 4.51. The van der Waals surface area contributed by atoms with Crippen LogP contribution in [0.1, 0.15) is 116 Å². The number of hydrogen-bond donors (Lipinski definition) is 5. The second-order valence-electron chi connectivity index (χ2n) is 9.10. The van der Waals surface area contributed by atoms with Crippen molar-refractivity contribution >= 4 is 7.82 Å². The first kappa shape index (κ1) is 33.0. The molecule has 0 aliphatic carbocycles. The number of unbranched alkanes of at least 4 members (excludes halogenated alkanes) is 15. The molecule has 0 rings (SSSR count). The van der Waals surface area contributed by atoms with E-state index in [1.165, 1.54) is 83.5 Å². The molecule has 0 spiro atoms. The highest BCUT2D eigenvalue weighted by molar-refractivity contribution is 7.46. The van der Waals surface area contributed by atoms with Gasteiger partial charge in [0, 0.05) is 13.0 Å². The average molecular weight is 499 g/mol. The SMILES string of the molecule is CCCCCCCCCCCCCCCCCCOC(CC(O)CO)C(CO)OP(=O)(O)O. The van der Waals surface area contributed by atoms with Gasteiger partial charge in [-0.2, -0.15) is 0 Å². The van der Waals surface area contributed by atoms with E-state index in [0.29, 0.717) is 6.61 Å². The molecule has 0 fully saturated rings. The van der Waals surface area contributed by atoms with Crippen molar-refractivity contribution in [2.45, 2.75) is 134 Å². The molecule has 5 N–H and O–H groups in total. The van der Waals surface area contributed by atoms with Gasteiger partial charge in [0.15, 0.2) is 0 Å². The summed E-state index contributed by atoms with van der Waals surface area (Å²) < 4.78 is 21.3. The third-order valence-electron chi connectivity index (χ3n) is 5.91. The molecule has 0 aromatic heterocycles. The summed E-state index contributed by atoms with van der Waals surface area (Å²) in [7, 11) is -4.81. The Bertz CT molecular complexity index is 460. The van der Waals surface area contributed by atoms with Gasteiger partial charge in [-0.05, 0) is 6.42 Å². The van der Waals surface area contributed by atoms with Gasteiger partial charge in [-0.3, -0.25) is 4.52 Å². The molecule has 0 heterocycles. The van der Waals surface area contributed by atoms with Crippen LogP contribution in [-0.4, -0.2) is 63.2 Å². The molecule has 33 heavy (non-hydrogen) atoms. The van der Waals surface area contributed by atoms with E-state index in [2.05, 4.69) is 11.4 Å². The zero-order valence-electron chi connectivity index (χ0n) is 20.8. The summed E-state index contributed by atoms with van der Waals surface area (Å²) in [4.78, 5) is 18.0. The summed E-state index contributed by atoms with van der Waals surface area (Å²) in [6.07, 6.45) is 16.8. The predicted molar refractivity (Wildman–Crippen MR) is 131 cm³/mol. The first-order valence-electron chi connectivity index (χ1n) is 13.1. The fourth-order valence-electron chi connectivity index (χ4n) is 3.95. The van der Waals surface area contributed by atoms with Crippen LogP contribution >= 0.6 is 7.82 Å². The van der Waals surface area contributed by atoms with Crippen molar-refractivity contribution in [1.29, 1.82) is 0 Å². The van der Waals surface area contributed by atoms with Gasteiger partial charge in [0.05, 0.1) is 25.4 Å². The molecule has 0 saturated carbocycles. The molecule has 0 amide bonds. The van der Waals surface area contributed by atoms with Crippen LogP contribution in [0.2, 0.25) is 0 Å². The van der Waals surface area contributed by atoms with Crippen molar-refractivity contribution in [2.24, 2.45) is 0 Å². The van der Waals surface area contributed by atoms with Crippen LogP contribution in [0.4, 0.5) is 0 Å². The molecule has 0 aromatic rings. The standard InChI is InChI=1S/C24H51O8P/c1-2-3-4-5-6-7-8-9-10-11-12-13-14-15-16-17-18-31-23(19-22(27)20-25)24(21-26)32-33(28,29)30/h22-27H,2-21H2,1H3,(H2,28,29,30). The lowest BCUT2D eigenvalue weighted by Gasteiger charge is -2.27. The predicted octanol–water partition coefficient (Wildman–Crippen LogP) is 4.85.